The fourth-order valence-corrected chi connectivity index (χ4v) is 3.02. The van der Waals surface area contributed by atoms with Crippen molar-refractivity contribution in [2.75, 3.05) is 33.4 Å². The van der Waals surface area contributed by atoms with Gasteiger partial charge in [0.15, 0.2) is 0 Å². The van der Waals surface area contributed by atoms with Crippen molar-refractivity contribution < 1.29 is 14.6 Å². The lowest BCUT2D eigenvalue weighted by molar-refractivity contribution is 0.0106. The first-order valence-corrected chi connectivity index (χ1v) is 8.71. The van der Waals surface area contributed by atoms with Gasteiger partial charge in [0, 0.05) is 26.2 Å². The Hall–Kier alpha value is -1.66. The van der Waals surface area contributed by atoms with Crippen molar-refractivity contribution >= 4 is 0 Å². The second-order valence-electron chi connectivity index (χ2n) is 6.53. The van der Waals surface area contributed by atoms with Crippen molar-refractivity contribution in [3.63, 3.8) is 0 Å². The Bertz CT molecular complexity index is 545. The number of hydrogen-bond donors (Lipinski definition) is 2. The molecule has 0 radical (unpaired) electrons. The normalized spacial score (nSPS) is 26.2. The lowest BCUT2D eigenvalue weighted by atomic mass is 9.95. The van der Waals surface area contributed by atoms with E-state index in [1.807, 2.05) is 54.3 Å². The molecule has 0 bridgehead atoms. The molecule has 0 spiro atoms. The molecule has 0 amide bonds. The number of rotatable bonds is 9. The van der Waals surface area contributed by atoms with Crippen molar-refractivity contribution in [2.24, 2.45) is 0 Å². The van der Waals surface area contributed by atoms with Crippen LogP contribution in [0.1, 0.15) is 12.5 Å². The molecule has 1 aliphatic rings. The van der Waals surface area contributed by atoms with Crippen molar-refractivity contribution in [2.45, 2.75) is 31.2 Å². The molecule has 5 heteroatoms. The number of benzene rings is 1. The zero-order chi connectivity index (χ0) is 18.1. The van der Waals surface area contributed by atoms with Gasteiger partial charge in [0.2, 0.25) is 0 Å². The van der Waals surface area contributed by atoms with Gasteiger partial charge in [-0.3, -0.25) is 0 Å². The zero-order valence-corrected chi connectivity index (χ0v) is 15.2. The highest BCUT2D eigenvalue weighted by molar-refractivity contribution is 5.14. The van der Waals surface area contributed by atoms with Crippen LogP contribution in [0, 0.1) is 0 Å². The third kappa shape index (κ3) is 5.97. The summed E-state index contributed by atoms with van der Waals surface area (Å²) >= 11 is 0. The number of hydrogen-bond acceptors (Lipinski definition) is 5. The van der Waals surface area contributed by atoms with E-state index < -0.39 is 5.60 Å². The van der Waals surface area contributed by atoms with Crippen LogP contribution in [-0.4, -0.2) is 61.1 Å². The smallest absolute Gasteiger partial charge is 0.101 e. The number of ether oxygens (including phenoxy) is 2. The Morgan fingerprint density at radius 2 is 2.16 bits per heavy atom. The molecule has 0 aromatic heterocycles. The van der Waals surface area contributed by atoms with Crippen LogP contribution in [0.3, 0.4) is 0 Å². The van der Waals surface area contributed by atoms with Crippen LogP contribution < -0.4 is 5.32 Å². The van der Waals surface area contributed by atoms with Crippen molar-refractivity contribution in [1.29, 1.82) is 0 Å². The molecule has 0 fully saturated rings. The average Bonchev–Trinajstić information content (AvgIpc) is 2.76. The summed E-state index contributed by atoms with van der Waals surface area (Å²) in [6.45, 7) is 8.77. The highest BCUT2D eigenvalue weighted by Crippen LogP contribution is 2.21. The Kier molecular flexibility index (Phi) is 7.65. The Balaban J connectivity index is 1.88. The van der Waals surface area contributed by atoms with E-state index in [1.54, 1.807) is 13.3 Å². The van der Waals surface area contributed by atoms with Crippen molar-refractivity contribution in [1.82, 2.24) is 10.2 Å². The van der Waals surface area contributed by atoms with Gasteiger partial charge in [-0.15, -0.1) is 0 Å². The number of aliphatic hydroxyl groups is 1. The predicted molar refractivity (Wildman–Crippen MR) is 100 cm³/mol. The molecule has 3 atom stereocenters. The molecule has 1 aromatic rings. The minimum Gasteiger partial charge on any atom is -0.384 e. The fraction of sp³-hybridized carbons (Fsp3) is 0.500. The fourth-order valence-electron chi connectivity index (χ4n) is 3.02. The second kappa shape index (κ2) is 9.73. The maximum Gasteiger partial charge on any atom is 0.101 e. The van der Waals surface area contributed by atoms with Crippen LogP contribution >= 0.6 is 0 Å². The largest absolute Gasteiger partial charge is 0.384 e. The van der Waals surface area contributed by atoms with Crippen molar-refractivity contribution in [3.8, 4) is 0 Å². The first-order valence-electron chi connectivity index (χ1n) is 8.71. The molecule has 1 aromatic carbocycles. The van der Waals surface area contributed by atoms with Crippen LogP contribution in [0.5, 0.6) is 0 Å². The van der Waals surface area contributed by atoms with Gasteiger partial charge in [0.25, 0.3) is 0 Å². The Morgan fingerprint density at radius 1 is 1.40 bits per heavy atom. The summed E-state index contributed by atoms with van der Waals surface area (Å²) in [6.07, 6.45) is 5.59. The maximum absolute atomic E-state index is 10.8. The van der Waals surface area contributed by atoms with Crippen LogP contribution in [0.2, 0.25) is 0 Å². The first kappa shape index (κ1) is 19.7. The van der Waals surface area contributed by atoms with Crippen LogP contribution in [0.4, 0.5) is 0 Å². The molecule has 5 nitrogen and oxygen atoms in total. The molecule has 0 aliphatic carbocycles. The third-order valence-electron chi connectivity index (χ3n) is 4.50. The second-order valence-corrected chi connectivity index (χ2v) is 6.53. The van der Waals surface area contributed by atoms with Gasteiger partial charge >= 0.3 is 0 Å². The van der Waals surface area contributed by atoms with Gasteiger partial charge in [0.1, 0.15) is 5.60 Å². The monoisotopic (exact) mass is 346 g/mol. The molecule has 138 valence electrons. The third-order valence-corrected chi connectivity index (χ3v) is 4.50. The van der Waals surface area contributed by atoms with E-state index in [2.05, 4.69) is 11.9 Å². The minimum absolute atomic E-state index is 0.0995. The Labute approximate surface area is 150 Å². The van der Waals surface area contributed by atoms with Gasteiger partial charge in [-0.25, -0.2) is 0 Å². The summed E-state index contributed by atoms with van der Waals surface area (Å²) in [6, 6.07) is 10.1. The topological polar surface area (TPSA) is 54.0 Å². The number of nitrogens with zero attached hydrogens (tertiary/aromatic N) is 1. The molecule has 2 N–H and O–H groups in total. The SMILES string of the molecule is C=CN(CCOCc1ccccc1)[C@@H]1CN[C@@H](COC)C=C[C@]1(C)O. The van der Waals surface area contributed by atoms with E-state index in [4.69, 9.17) is 9.47 Å². The van der Waals surface area contributed by atoms with E-state index in [1.165, 1.54) is 0 Å². The van der Waals surface area contributed by atoms with Gasteiger partial charge in [0.05, 0.1) is 25.9 Å². The molecule has 2 rings (SSSR count). The van der Waals surface area contributed by atoms with E-state index >= 15 is 0 Å². The molecule has 1 heterocycles. The quantitative estimate of drug-likeness (QED) is 0.529. The molecule has 0 unspecified atom stereocenters. The van der Waals surface area contributed by atoms with Crippen molar-refractivity contribution in [3.05, 3.63) is 60.8 Å². The van der Waals surface area contributed by atoms with Gasteiger partial charge in [-0.05, 0) is 18.7 Å². The lowest BCUT2D eigenvalue weighted by Gasteiger charge is -2.38. The summed E-state index contributed by atoms with van der Waals surface area (Å²) in [4.78, 5) is 2.04. The zero-order valence-electron chi connectivity index (χ0n) is 15.2. The summed E-state index contributed by atoms with van der Waals surface area (Å²) in [5, 5.41) is 14.3. The van der Waals surface area contributed by atoms with Crippen LogP contribution in [0.15, 0.2) is 55.3 Å². The highest BCUT2D eigenvalue weighted by atomic mass is 16.5. The summed E-state index contributed by atoms with van der Waals surface area (Å²) in [5.74, 6) is 0. The van der Waals surface area contributed by atoms with E-state index in [-0.39, 0.29) is 12.1 Å². The molecule has 1 aliphatic heterocycles. The minimum atomic E-state index is -0.955. The summed E-state index contributed by atoms with van der Waals surface area (Å²) < 4.78 is 11.0. The van der Waals surface area contributed by atoms with E-state index in [0.29, 0.717) is 32.9 Å². The number of nitrogens with one attached hydrogen (secondary N) is 1. The molecule has 25 heavy (non-hydrogen) atoms. The van der Waals surface area contributed by atoms with Gasteiger partial charge in [-0.1, -0.05) is 49.1 Å². The van der Waals surface area contributed by atoms with E-state index in [9.17, 15) is 5.11 Å². The van der Waals surface area contributed by atoms with Gasteiger partial charge < -0.3 is 24.8 Å². The molecular weight excluding hydrogens is 316 g/mol. The standard InChI is InChI=1S/C20H30N2O3/c1-4-22(12-13-25-15-17-8-6-5-7-9-17)19-14-21-18(16-24-3)10-11-20(19,2)23/h4-11,18-19,21,23H,1,12-16H2,2-3H3/t18-,19-,20+/m1/s1. The Morgan fingerprint density at radius 3 is 2.84 bits per heavy atom. The maximum atomic E-state index is 10.8. The highest BCUT2D eigenvalue weighted by Gasteiger charge is 2.35. The molecule has 0 saturated carbocycles. The molecular formula is C20H30N2O3. The summed E-state index contributed by atoms with van der Waals surface area (Å²) in [5.41, 5.74) is 0.199. The lowest BCUT2D eigenvalue weighted by Crippen LogP contribution is -2.53. The van der Waals surface area contributed by atoms with Crippen LogP contribution in [0.25, 0.3) is 0 Å². The predicted octanol–water partition coefficient (Wildman–Crippen LogP) is 1.94. The van der Waals surface area contributed by atoms with Crippen LogP contribution in [-0.2, 0) is 16.1 Å². The molecule has 0 saturated heterocycles. The van der Waals surface area contributed by atoms with Gasteiger partial charge in [-0.2, -0.15) is 0 Å². The van der Waals surface area contributed by atoms with E-state index in [0.717, 1.165) is 5.56 Å². The first-order chi connectivity index (χ1) is 12.1. The number of methoxy groups -OCH3 is 1. The summed E-state index contributed by atoms with van der Waals surface area (Å²) in [7, 11) is 1.68. The average molecular weight is 346 g/mol.